The first-order valence-corrected chi connectivity index (χ1v) is 5.59. The van der Waals surface area contributed by atoms with E-state index in [0.717, 1.165) is 5.57 Å². The zero-order chi connectivity index (χ0) is 11.4. The lowest BCUT2D eigenvalue weighted by molar-refractivity contribution is 0.597. The van der Waals surface area contributed by atoms with E-state index in [1.165, 1.54) is 16.4 Å². The van der Waals surface area contributed by atoms with Crippen molar-refractivity contribution in [2.75, 3.05) is 11.6 Å². The summed E-state index contributed by atoms with van der Waals surface area (Å²) in [5.41, 5.74) is -0.674. The molecule has 0 unspecified atom stereocenters. The smallest absolute Gasteiger partial charge is 0.265 e. The second-order valence-corrected chi connectivity index (χ2v) is 4.08. The van der Waals surface area contributed by atoms with E-state index in [0.29, 0.717) is 16.8 Å². The zero-order valence-electron chi connectivity index (χ0n) is 8.12. The molecule has 1 aromatic rings. The van der Waals surface area contributed by atoms with Gasteiger partial charge in [-0.2, -0.15) is 4.98 Å². The largest absolute Gasteiger partial charge is 0.339 e. The molecule has 0 atom stereocenters. The molecule has 7 heteroatoms. The molecule has 0 aromatic carbocycles. The van der Waals surface area contributed by atoms with E-state index in [9.17, 15) is 9.59 Å². The number of halogens is 1. The molecular weight excluding hydrogens is 238 g/mol. The minimum absolute atomic E-state index is 0.365. The van der Waals surface area contributed by atoms with Crippen molar-refractivity contribution in [3.8, 4) is 0 Å². The van der Waals surface area contributed by atoms with Gasteiger partial charge >= 0.3 is 11.1 Å². The van der Waals surface area contributed by atoms with Gasteiger partial charge in [-0.25, -0.2) is 0 Å². The van der Waals surface area contributed by atoms with Crippen molar-refractivity contribution in [3.05, 3.63) is 32.9 Å². The summed E-state index contributed by atoms with van der Waals surface area (Å²) in [5.74, 6) is 0.931. The third kappa shape index (κ3) is 3.24. The Kier molecular flexibility index (Phi) is 4.16. The van der Waals surface area contributed by atoms with Crippen molar-refractivity contribution in [3.63, 3.8) is 0 Å². The minimum atomic E-state index is -0.785. The van der Waals surface area contributed by atoms with Crippen molar-refractivity contribution in [1.29, 1.82) is 0 Å². The summed E-state index contributed by atoms with van der Waals surface area (Å²) in [7, 11) is 1.61. The summed E-state index contributed by atoms with van der Waals surface area (Å²) >= 11 is 6.86. The van der Waals surface area contributed by atoms with Crippen LogP contribution in [-0.4, -0.2) is 26.4 Å². The number of thioether (sulfide) groups is 1. The fraction of sp³-hybridized carbons (Fsp3) is 0.375. The highest BCUT2D eigenvalue weighted by Crippen LogP contribution is 2.14. The van der Waals surface area contributed by atoms with Crippen molar-refractivity contribution in [2.24, 2.45) is 7.05 Å². The van der Waals surface area contributed by atoms with Gasteiger partial charge in [0, 0.05) is 18.7 Å². The minimum Gasteiger partial charge on any atom is -0.265 e. The lowest BCUT2D eigenvalue weighted by Gasteiger charge is -2.05. The first-order chi connectivity index (χ1) is 7.04. The van der Waals surface area contributed by atoms with Gasteiger partial charge in [-0.15, -0.1) is 11.6 Å². The van der Waals surface area contributed by atoms with Crippen LogP contribution in [0.5, 0.6) is 0 Å². The molecule has 0 spiro atoms. The molecule has 0 saturated carbocycles. The number of nitrogens with zero attached hydrogens (tertiary/aromatic N) is 2. The molecule has 0 fully saturated rings. The number of rotatable bonds is 4. The van der Waals surface area contributed by atoms with Gasteiger partial charge in [0.25, 0.3) is 0 Å². The van der Waals surface area contributed by atoms with Gasteiger partial charge in [0.15, 0.2) is 5.16 Å². The molecule has 5 nitrogen and oxygen atoms in total. The number of aromatic amines is 1. The molecule has 0 aliphatic heterocycles. The number of hydrogen-bond acceptors (Lipinski definition) is 4. The Morgan fingerprint density at radius 3 is 2.93 bits per heavy atom. The molecular formula is C8H10ClN3O2S. The maximum absolute atomic E-state index is 11.0. The molecule has 82 valence electrons. The van der Waals surface area contributed by atoms with Gasteiger partial charge in [-0.05, 0) is 0 Å². The molecule has 0 aliphatic carbocycles. The van der Waals surface area contributed by atoms with Gasteiger partial charge in [0.1, 0.15) is 0 Å². The molecule has 1 heterocycles. The maximum Gasteiger partial charge on any atom is 0.339 e. The second-order valence-electron chi connectivity index (χ2n) is 2.87. The average Bonchev–Trinajstić information content (AvgIpc) is 2.21. The van der Waals surface area contributed by atoms with E-state index in [2.05, 4.69) is 16.7 Å². The average molecular weight is 248 g/mol. The third-order valence-corrected chi connectivity index (χ3v) is 3.10. The fourth-order valence-corrected chi connectivity index (χ4v) is 1.82. The first-order valence-electron chi connectivity index (χ1n) is 4.07. The van der Waals surface area contributed by atoms with Crippen LogP contribution in [0, 0.1) is 0 Å². The Balaban J connectivity index is 2.87. The molecule has 1 rings (SSSR count). The van der Waals surface area contributed by atoms with Crippen molar-refractivity contribution in [2.45, 2.75) is 5.16 Å². The highest BCUT2D eigenvalue weighted by atomic mass is 35.5. The van der Waals surface area contributed by atoms with Crippen LogP contribution in [0.4, 0.5) is 0 Å². The van der Waals surface area contributed by atoms with Gasteiger partial charge in [0.2, 0.25) is 0 Å². The Morgan fingerprint density at radius 2 is 2.33 bits per heavy atom. The fourth-order valence-electron chi connectivity index (χ4n) is 0.795. The van der Waals surface area contributed by atoms with Crippen LogP contribution < -0.4 is 11.1 Å². The quantitative estimate of drug-likeness (QED) is 0.361. The van der Waals surface area contributed by atoms with Crippen molar-refractivity contribution < 1.29 is 0 Å². The number of alkyl halides is 1. The van der Waals surface area contributed by atoms with Gasteiger partial charge in [-0.1, -0.05) is 23.9 Å². The van der Waals surface area contributed by atoms with Crippen LogP contribution >= 0.6 is 23.4 Å². The third-order valence-electron chi connectivity index (χ3n) is 1.54. The Labute approximate surface area is 95.2 Å². The summed E-state index contributed by atoms with van der Waals surface area (Å²) < 4.78 is 1.40. The molecule has 15 heavy (non-hydrogen) atoms. The Hall–Kier alpha value is -1.01. The number of hydrogen-bond donors (Lipinski definition) is 1. The van der Waals surface area contributed by atoms with Crippen molar-refractivity contribution in [1.82, 2.24) is 14.8 Å². The van der Waals surface area contributed by atoms with Crippen molar-refractivity contribution >= 4 is 23.4 Å². The summed E-state index contributed by atoms with van der Waals surface area (Å²) in [4.78, 5) is 25.5. The molecule has 1 aromatic heterocycles. The predicted octanol–water partition coefficient (Wildman–Crippen LogP) is 0.356. The van der Waals surface area contributed by atoms with Gasteiger partial charge < -0.3 is 0 Å². The van der Waals surface area contributed by atoms with Gasteiger partial charge in [0.05, 0.1) is 0 Å². The number of H-pyrrole nitrogens is 1. The monoisotopic (exact) mass is 247 g/mol. The lowest BCUT2D eigenvalue weighted by atomic mass is 10.4. The number of aryl methyl sites for hydroxylation is 1. The Bertz CT molecular complexity index is 480. The first kappa shape index (κ1) is 12.1. The second kappa shape index (κ2) is 5.18. The van der Waals surface area contributed by atoms with E-state index < -0.39 is 11.1 Å². The molecule has 0 saturated heterocycles. The molecule has 0 bridgehead atoms. The predicted molar refractivity (Wildman–Crippen MR) is 60.7 cm³/mol. The lowest BCUT2D eigenvalue weighted by Crippen LogP contribution is -2.33. The van der Waals surface area contributed by atoms with Crippen LogP contribution in [0.1, 0.15) is 0 Å². The molecule has 0 amide bonds. The van der Waals surface area contributed by atoms with E-state index >= 15 is 0 Å². The summed E-state index contributed by atoms with van der Waals surface area (Å²) in [5, 5.41) is 2.79. The standard InChI is InChI=1S/C8H10ClN3O2S/c1-5(3-9)4-15-8-10-6(13)7(14)11-12(8)2/h1,3-4H2,2H3,(H,11,14). The van der Waals surface area contributed by atoms with Crippen LogP contribution in [0.25, 0.3) is 0 Å². The highest BCUT2D eigenvalue weighted by molar-refractivity contribution is 7.99. The number of aromatic nitrogens is 3. The number of nitrogens with one attached hydrogen (secondary N) is 1. The SMILES string of the molecule is C=C(CCl)CSc1nc(=O)c(=O)[nH]n1C. The summed E-state index contributed by atoms with van der Waals surface area (Å²) in [6.45, 7) is 3.72. The van der Waals surface area contributed by atoms with Crippen LogP contribution in [0.15, 0.2) is 26.9 Å². The summed E-state index contributed by atoms with van der Waals surface area (Å²) in [6, 6.07) is 0. The van der Waals surface area contributed by atoms with E-state index in [1.54, 1.807) is 7.05 Å². The highest BCUT2D eigenvalue weighted by Gasteiger charge is 2.04. The van der Waals surface area contributed by atoms with Crippen LogP contribution in [0.3, 0.4) is 0 Å². The van der Waals surface area contributed by atoms with E-state index in [1.807, 2.05) is 0 Å². The maximum atomic E-state index is 11.0. The molecule has 0 radical (unpaired) electrons. The van der Waals surface area contributed by atoms with Gasteiger partial charge in [-0.3, -0.25) is 19.4 Å². The van der Waals surface area contributed by atoms with E-state index in [4.69, 9.17) is 11.6 Å². The van der Waals surface area contributed by atoms with E-state index in [-0.39, 0.29) is 0 Å². The normalized spacial score (nSPS) is 10.3. The molecule has 0 aliphatic rings. The van der Waals surface area contributed by atoms with Crippen LogP contribution in [-0.2, 0) is 7.05 Å². The zero-order valence-corrected chi connectivity index (χ0v) is 9.69. The molecule has 1 N–H and O–H groups in total. The topological polar surface area (TPSA) is 67.8 Å². The van der Waals surface area contributed by atoms with Crippen LogP contribution in [0.2, 0.25) is 0 Å². The Morgan fingerprint density at radius 1 is 1.67 bits per heavy atom. The summed E-state index contributed by atoms with van der Waals surface area (Å²) in [6.07, 6.45) is 0.